The fourth-order valence-electron chi connectivity index (χ4n) is 0.176. The summed E-state index contributed by atoms with van der Waals surface area (Å²) in [4.78, 5) is 20.8. The molecule has 0 saturated heterocycles. The molecule has 5 nitrogen and oxygen atoms in total. The van der Waals surface area contributed by atoms with Gasteiger partial charge in [0.15, 0.2) is 0 Å². The number of hydrogen-bond acceptors (Lipinski definition) is 5. The molecule has 60 valence electrons. The van der Waals surface area contributed by atoms with Crippen molar-refractivity contribution in [3.63, 3.8) is 0 Å². The average molecular weight is 223 g/mol. The molecule has 0 aromatic carbocycles. The van der Waals surface area contributed by atoms with Gasteiger partial charge >= 0.3 is 37.7 Å². The fraction of sp³-hybridized carbons (Fsp3) is 0. The van der Waals surface area contributed by atoms with Crippen molar-refractivity contribution in [2.45, 2.75) is 0 Å². The summed E-state index contributed by atoms with van der Waals surface area (Å²) >= 11 is 1.60. The van der Waals surface area contributed by atoms with Gasteiger partial charge in [0.2, 0.25) is 0 Å². The van der Waals surface area contributed by atoms with E-state index in [2.05, 4.69) is 4.98 Å². The first-order valence-electron chi connectivity index (χ1n) is 1.93. The van der Waals surface area contributed by atoms with E-state index in [1.54, 1.807) is 23.0 Å². The summed E-state index contributed by atoms with van der Waals surface area (Å²) in [5, 5.41) is 1.93. The van der Waals surface area contributed by atoms with Crippen molar-refractivity contribution in [2.24, 2.45) is 0 Å². The number of hydrogen-bond donors (Lipinski definition) is 0. The van der Waals surface area contributed by atoms with Crippen molar-refractivity contribution >= 4 is 57.3 Å². The molecule has 1 aromatic heterocycles. The van der Waals surface area contributed by atoms with Crippen molar-refractivity contribution in [2.75, 3.05) is 0 Å². The molecule has 1 aromatic rings. The summed E-state index contributed by atoms with van der Waals surface area (Å²) < 4.78 is 8.52. The van der Waals surface area contributed by atoms with E-state index in [1.807, 2.05) is 5.38 Å². The topological polar surface area (TPSA) is 108 Å². The molecular weight excluding hydrogens is 217 g/mol. The van der Waals surface area contributed by atoms with Crippen molar-refractivity contribution < 1.29 is 19.8 Å². The minimum absolute atomic E-state index is 0. The van der Waals surface area contributed by atoms with Crippen molar-refractivity contribution in [1.29, 1.82) is 0 Å². The molecule has 1 rings (SSSR count). The molecule has 1 heterocycles. The van der Waals surface area contributed by atoms with Gasteiger partial charge in [0.1, 0.15) is 0 Å². The molecule has 0 aliphatic heterocycles. The van der Waals surface area contributed by atoms with Crippen LogP contribution in [-0.4, -0.2) is 48.2 Å². The number of thiazole rings is 1. The van der Waals surface area contributed by atoms with E-state index in [4.69, 9.17) is 14.4 Å². The van der Waals surface area contributed by atoms with Gasteiger partial charge in [-0.05, 0) is 0 Å². The Morgan fingerprint density at radius 1 is 1.45 bits per heavy atom. The van der Waals surface area contributed by atoms with Crippen LogP contribution in [0.25, 0.3) is 0 Å². The number of nitrogens with zero attached hydrogens (tertiary/aromatic N) is 1. The maximum absolute atomic E-state index is 8.52. The molecule has 0 atom stereocenters. The van der Waals surface area contributed by atoms with E-state index in [0.717, 1.165) is 0 Å². The molecule has 0 spiro atoms. The molecule has 0 aliphatic rings. The summed E-state index contributed by atoms with van der Waals surface area (Å²) in [6, 6.07) is 0. The first-order chi connectivity index (χ1) is 4.23. The monoisotopic (exact) mass is 223 g/mol. The predicted octanol–water partition coefficient (Wildman–Crippen LogP) is -1.97. The molecule has 0 aliphatic carbocycles. The predicted molar refractivity (Wildman–Crippen MR) is 40.5 cm³/mol. The molecule has 0 saturated carbocycles. The van der Waals surface area contributed by atoms with E-state index in [0.29, 0.717) is 0 Å². The first kappa shape index (κ1) is 17.9. The normalized spacial score (nSPS) is 6.82. The van der Waals surface area contributed by atoms with E-state index < -0.39 is 8.25 Å². The van der Waals surface area contributed by atoms with Crippen LogP contribution in [0.1, 0.15) is 0 Å². The summed E-state index contributed by atoms with van der Waals surface area (Å²) in [5.74, 6) is 0. The zero-order chi connectivity index (χ0) is 7.11. The Morgan fingerprint density at radius 2 is 1.91 bits per heavy atom. The molecule has 0 amide bonds. The van der Waals surface area contributed by atoms with Gasteiger partial charge in [-0.2, -0.15) is 0 Å². The Morgan fingerprint density at radius 3 is 2.00 bits per heavy atom. The molecule has 0 bridgehead atoms. The van der Waals surface area contributed by atoms with Gasteiger partial charge in [0, 0.05) is 11.6 Å². The van der Waals surface area contributed by atoms with Gasteiger partial charge in [-0.15, -0.1) is 11.3 Å². The maximum Gasteiger partial charge on any atom is 2.00 e. The third-order valence-electron chi connectivity index (χ3n) is 0.347. The molecule has 11 heavy (non-hydrogen) atoms. The molecule has 0 radical (unpaired) electrons. The molecule has 0 unspecified atom stereocenters. The van der Waals surface area contributed by atoms with Crippen LogP contribution in [0.5, 0.6) is 0 Å². The van der Waals surface area contributed by atoms with Gasteiger partial charge in [0.05, 0.1) is 5.51 Å². The van der Waals surface area contributed by atoms with Crippen molar-refractivity contribution in [1.82, 2.24) is 4.98 Å². The smallest absolute Gasteiger partial charge is 0.813 e. The second-order valence-electron chi connectivity index (χ2n) is 0.926. The van der Waals surface area contributed by atoms with Crippen LogP contribution in [0.2, 0.25) is 0 Å². The van der Waals surface area contributed by atoms with Gasteiger partial charge in [0.25, 0.3) is 0 Å². The molecule has 0 fully saturated rings. The van der Waals surface area contributed by atoms with E-state index in [1.165, 1.54) is 0 Å². The summed E-state index contributed by atoms with van der Waals surface area (Å²) in [6.45, 7) is 0. The Kier molecular flexibility index (Phi) is 22.1. The maximum atomic E-state index is 8.52. The SMILES string of the molecule is O.O=[PH]([O-])[O-].[Ca+2].c1cscn1. The van der Waals surface area contributed by atoms with Crippen LogP contribution in [0, 0.1) is 0 Å². The van der Waals surface area contributed by atoms with Crippen LogP contribution in [-0.2, 0) is 4.57 Å². The minimum atomic E-state index is -3.63. The minimum Gasteiger partial charge on any atom is -0.813 e. The Bertz CT molecular complexity index is 139. The Hall–Kier alpha value is 1.000. The van der Waals surface area contributed by atoms with Gasteiger partial charge in [-0.3, -0.25) is 4.98 Å². The fourth-order valence-corrected chi connectivity index (χ4v) is 0.527. The molecular formula is C3H6CaNO4PS. The third kappa shape index (κ3) is 24.8. The zero-order valence-electron chi connectivity index (χ0n) is 5.52. The van der Waals surface area contributed by atoms with Crippen LogP contribution in [0.4, 0.5) is 0 Å². The third-order valence-corrected chi connectivity index (χ3v) is 0.869. The number of rotatable bonds is 0. The standard InChI is InChI=1S/C3H3NS.Ca.H3O3P.H2O/c1-2-5-3-4-1;;1-4(2)3;/h1-3H;;4H,(H2,1,2,3);1H2/q;+2;;/p-2. The van der Waals surface area contributed by atoms with Crippen LogP contribution in [0.3, 0.4) is 0 Å². The summed E-state index contributed by atoms with van der Waals surface area (Å²) in [5.41, 5.74) is 1.79. The molecule has 2 N–H and O–H groups in total. The average Bonchev–Trinajstić information content (AvgIpc) is 2.11. The zero-order valence-corrected chi connectivity index (χ0v) is 9.54. The van der Waals surface area contributed by atoms with Crippen LogP contribution < -0.4 is 9.79 Å². The van der Waals surface area contributed by atoms with Gasteiger partial charge < -0.3 is 19.8 Å². The first-order valence-corrected chi connectivity index (χ1v) is 4.10. The summed E-state index contributed by atoms with van der Waals surface area (Å²) in [6.07, 6.45) is 1.77. The van der Waals surface area contributed by atoms with Crippen molar-refractivity contribution in [3.8, 4) is 0 Å². The second-order valence-corrected chi connectivity index (χ2v) is 2.18. The van der Waals surface area contributed by atoms with Gasteiger partial charge in [-0.25, -0.2) is 0 Å². The van der Waals surface area contributed by atoms with Crippen LogP contribution >= 0.6 is 19.6 Å². The van der Waals surface area contributed by atoms with E-state index in [9.17, 15) is 0 Å². The summed E-state index contributed by atoms with van der Waals surface area (Å²) in [7, 11) is -3.63. The molecule has 8 heteroatoms. The van der Waals surface area contributed by atoms with E-state index >= 15 is 0 Å². The number of aromatic nitrogens is 1. The quantitative estimate of drug-likeness (QED) is 0.375. The largest absolute Gasteiger partial charge is 2.00 e. The van der Waals surface area contributed by atoms with Crippen LogP contribution in [0.15, 0.2) is 17.1 Å². The second kappa shape index (κ2) is 13.6. The van der Waals surface area contributed by atoms with Gasteiger partial charge in [-0.1, -0.05) is 8.25 Å². The Balaban J connectivity index is -0.000000101. The Labute approximate surface area is 98.4 Å². The van der Waals surface area contributed by atoms with Crippen molar-refractivity contribution in [3.05, 3.63) is 17.1 Å². The van der Waals surface area contributed by atoms with E-state index in [-0.39, 0.29) is 43.2 Å².